The average Bonchev–Trinajstić information content (AvgIpc) is 3.16. The highest BCUT2D eigenvalue weighted by Crippen LogP contribution is 2.17. The predicted molar refractivity (Wildman–Crippen MR) is 94.8 cm³/mol. The van der Waals surface area contributed by atoms with Gasteiger partial charge in [0.1, 0.15) is 0 Å². The summed E-state index contributed by atoms with van der Waals surface area (Å²) in [5.74, 6) is 0.104. The Morgan fingerprint density at radius 3 is 2.29 bits per heavy atom. The van der Waals surface area contributed by atoms with Crippen molar-refractivity contribution in [2.75, 3.05) is 26.2 Å². The van der Waals surface area contributed by atoms with Gasteiger partial charge in [0.25, 0.3) is 5.91 Å². The van der Waals surface area contributed by atoms with E-state index in [1.54, 1.807) is 4.90 Å². The van der Waals surface area contributed by atoms with Crippen LogP contribution in [0.1, 0.15) is 27.7 Å². The highest BCUT2D eigenvalue weighted by Gasteiger charge is 2.26. The van der Waals surface area contributed by atoms with Crippen LogP contribution < -0.4 is 5.73 Å². The quantitative estimate of drug-likeness (QED) is 0.925. The van der Waals surface area contributed by atoms with Gasteiger partial charge in [0.2, 0.25) is 5.91 Å². The third kappa shape index (κ3) is 3.83. The van der Waals surface area contributed by atoms with Gasteiger partial charge in [-0.25, -0.2) is 0 Å². The lowest BCUT2D eigenvalue weighted by molar-refractivity contribution is -0.133. The smallest absolute Gasteiger partial charge is 0.264 e. The minimum atomic E-state index is -0.288. The third-order valence-electron chi connectivity index (χ3n) is 4.27. The van der Waals surface area contributed by atoms with Gasteiger partial charge in [-0.2, -0.15) is 0 Å². The second-order valence-corrected chi connectivity index (χ2v) is 6.82. The molecule has 126 valence electrons. The lowest BCUT2D eigenvalue weighted by Crippen LogP contribution is -2.50. The van der Waals surface area contributed by atoms with Crippen molar-refractivity contribution in [2.45, 2.75) is 12.5 Å². The number of nitrogens with zero attached hydrogens (tertiary/aromatic N) is 2. The number of thiophene rings is 1. The molecular weight excluding hydrogens is 322 g/mol. The molecule has 0 bridgehead atoms. The van der Waals surface area contributed by atoms with Crippen molar-refractivity contribution < 1.29 is 9.59 Å². The highest BCUT2D eigenvalue weighted by molar-refractivity contribution is 7.12. The van der Waals surface area contributed by atoms with Gasteiger partial charge in [-0.1, -0.05) is 36.4 Å². The molecule has 2 N–H and O–H groups in total. The molecule has 6 heteroatoms. The van der Waals surface area contributed by atoms with Crippen molar-refractivity contribution in [1.29, 1.82) is 0 Å². The van der Waals surface area contributed by atoms with Gasteiger partial charge in [0.15, 0.2) is 0 Å². The van der Waals surface area contributed by atoms with Crippen LogP contribution in [0.4, 0.5) is 0 Å². The minimum Gasteiger partial charge on any atom is -0.339 e. The van der Waals surface area contributed by atoms with Crippen LogP contribution >= 0.6 is 11.3 Å². The molecule has 3 rings (SSSR count). The predicted octanol–water partition coefficient (Wildman–Crippen LogP) is 2.12. The summed E-state index contributed by atoms with van der Waals surface area (Å²) in [6.45, 7) is 2.28. The summed E-state index contributed by atoms with van der Waals surface area (Å²) in [6.07, 6.45) is 0.295. The molecule has 1 fully saturated rings. The molecule has 0 aliphatic carbocycles. The summed E-state index contributed by atoms with van der Waals surface area (Å²) < 4.78 is 0. The maximum absolute atomic E-state index is 12.4. The molecule has 0 spiro atoms. The van der Waals surface area contributed by atoms with Gasteiger partial charge in [-0.3, -0.25) is 9.59 Å². The van der Waals surface area contributed by atoms with Gasteiger partial charge in [0.05, 0.1) is 4.88 Å². The minimum absolute atomic E-state index is 0.0505. The first-order valence-corrected chi connectivity index (χ1v) is 8.94. The molecule has 1 saturated heterocycles. The molecule has 1 aromatic carbocycles. The van der Waals surface area contributed by atoms with E-state index in [9.17, 15) is 9.59 Å². The average molecular weight is 343 g/mol. The Balaban J connectivity index is 1.51. The summed E-state index contributed by atoms with van der Waals surface area (Å²) in [5.41, 5.74) is 7.10. The fraction of sp³-hybridized carbons (Fsp3) is 0.333. The van der Waals surface area contributed by atoms with E-state index in [2.05, 4.69) is 0 Å². The Morgan fingerprint density at radius 2 is 1.67 bits per heavy atom. The SMILES string of the molecule is NC(CC(=O)N1CCN(C(=O)c2cccs2)CC1)c1ccccc1. The molecule has 1 aromatic heterocycles. The van der Waals surface area contributed by atoms with Crippen LogP contribution in [-0.4, -0.2) is 47.8 Å². The molecule has 0 radical (unpaired) electrons. The monoisotopic (exact) mass is 343 g/mol. The Morgan fingerprint density at radius 1 is 1.00 bits per heavy atom. The summed E-state index contributed by atoms with van der Waals surface area (Å²) in [6, 6.07) is 13.1. The fourth-order valence-corrected chi connectivity index (χ4v) is 3.54. The number of carbonyl (C=O) groups excluding carboxylic acids is 2. The Hall–Kier alpha value is -2.18. The van der Waals surface area contributed by atoms with E-state index in [0.717, 1.165) is 10.4 Å². The molecule has 1 aliphatic heterocycles. The fourth-order valence-electron chi connectivity index (χ4n) is 2.85. The van der Waals surface area contributed by atoms with E-state index >= 15 is 0 Å². The maximum atomic E-state index is 12.4. The molecule has 2 aromatic rings. The zero-order chi connectivity index (χ0) is 16.9. The Bertz CT molecular complexity index is 680. The van der Waals surface area contributed by atoms with E-state index in [-0.39, 0.29) is 17.9 Å². The van der Waals surface area contributed by atoms with E-state index in [1.807, 2.05) is 52.7 Å². The topological polar surface area (TPSA) is 66.6 Å². The van der Waals surface area contributed by atoms with Crippen molar-refractivity contribution in [3.05, 3.63) is 58.3 Å². The number of nitrogens with two attached hydrogens (primary N) is 1. The third-order valence-corrected chi connectivity index (χ3v) is 5.13. The van der Waals surface area contributed by atoms with Gasteiger partial charge in [-0.05, 0) is 17.0 Å². The van der Waals surface area contributed by atoms with E-state index in [4.69, 9.17) is 5.73 Å². The number of hydrogen-bond donors (Lipinski definition) is 1. The summed E-state index contributed by atoms with van der Waals surface area (Å²) in [5, 5.41) is 1.90. The first-order valence-electron chi connectivity index (χ1n) is 8.06. The highest BCUT2D eigenvalue weighted by atomic mass is 32.1. The van der Waals surface area contributed by atoms with E-state index < -0.39 is 0 Å². The van der Waals surface area contributed by atoms with Crippen LogP contribution in [0.5, 0.6) is 0 Å². The molecule has 1 unspecified atom stereocenters. The Labute approximate surface area is 145 Å². The second kappa shape index (κ2) is 7.59. The van der Waals surface area contributed by atoms with Crippen molar-refractivity contribution >= 4 is 23.2 Å². The zero-order valence-electron chi connectivity index (χ0n) is 13.4. The molecule has 24 heavy (non-hydrogen) atoms. The second-order valence-electron chi connectivity index (χ2n) is 5.87. The molecule has 1 atom stereocenters. The molecule has 2 amide bonds. The van der Waals surface area contributed by atoms with Crippen molar-refractivity contribution in [2.24, 2.45) is 5.73 Å². The van der Waals surface area contributed by atoms with Crippen LogP contribution in [0.3, 0.4) is 0 Å². The lowest BCUT2D eigenvalue weighted by Gasteiger charge is -2.35. The van der Waals surface area contributed by atoms with Gasteiger partial charge >= 0.3 is 0 Å². The Kier molecular flexibility index (Phi) is 5.27. The summed E-state index contributed by atoms with van der Waals surface area (Å²) >= 11 is 1.45. The number of benzene rings is 1. The zero-order valence-corrected chi connectivity index (χ0v) is 14.2. The number of piperazine rings is 1. The number of carbonyl (C=O) groups is 2. The summed E-state index contributed by atoms with van der Waals surface area (Å²) in [7, 11) is 0. The molecule has 0 saturated carbocycles. The maximum Gasteiger partial charge on any atom is 0.264 e. The molecular formula is C18H21N3O2S. The standard InChI is InChI=1S/C18H21N3O2S/c19-15(14-5-2-1-3-6-14)13-17(22)20-8-10-21(11-9-20)18(23)16-7-4-12-24-16/h1-7,12,15H,8-11,13,19H2. The van der Waals surface area contributed by atoms with Crippen LogP contribution in [0, 0.1) is 0 Å². The molecule has 2 heterocycles. The molecule has 1 aliphatic rings. The van der Waals surface area contributed by atoms with Crippen LogP contribution in [0.2, 0.25) is 0 Å². The van der Waals surface area contributed by atoms with Crippen LogP contribution in [0.25, 0.3) is 0 Å². The van der Waals surface area contributed by atoms with Crippen LogP contribution in [-0.2, 0) is 4.79 Å². The first-order chi connectivity index (χ1) is 11.6. The normalized spacial score (nSPS) is 16.0. The van der Waals surface area contributed by atoms with Gasteiger partial charge in [0, 0.05) is 38.6 Å². The lowest BCUT2D eigenvalue weighted by atomic mass is 10.0. The van der Waals surface area contributed by atoms with Crippen molar-refractivity contribution in [1.82, 2.24) is 9.80 Å². The van der Waals surface area contributed by atoms with E-state index in [1.165, 1.54) is 11.3 Å². The number of rotatable bonds is 4. The van der Waals surface area contributed by atoms with Gasteiger partial charge < -0.3 is 15.5 Å². The molecule has 5 nitrogen and oxygen atoms in total. The van der Waals surface area contributed by atoms with Crippen LogP contribution in [0.15, 0.2) is 47.8 Å². The van der Waals surface area contributed by atoms with Crippen molar-refractivity contribution in [3.63, 3.8) is 0 Å². The first kappa shape index (κ1) is 16.7. The van der Waals surface area contributed by atoms with E-state index in [0.29, 0.717) is 32.6 Å². The summed E-state index contributed by atoms with van der Waals surface area (Å²) in [4.78, 5) is 29.1. The van der Waals surface area contributed by atoms with Crippen molar-refractivity contribution in [3.8, 4) is 0 Å². The van der Waals surface area contributed by atoms with Gasteiger partial charge in [-0.15, -0.1) is 11.3 Å². The number of amides is 2. The largest absolute Gasteiger partial charge is 0.339 e. The number of hydrogen-bond acceptors (Lipinski definition) is 4.